The number of amides is 1. The molecule has 0 bridgehead atoms. The highest BCUT2D eigenvalue weighted by Crippen LogP contribution is 2.35. The molecule has 1 saturated heterocycles. The summed E-state index contributed by atoms with van der Waals surface area (Å²) in [5, 5.41) is 14.3. The Morgan fingerprint density at radius 3 is 2.53 bits per heavy atom. The van der Waals surface area contributed by atoms with Gasteiger partial charge < -0.3 is 15.1 Å². The van der Waals surface area contributed by atoms with Gasteiger partial charge in [-0.2, -0.15) is 5.26 Å². The van der Waals surface area contributed by atoms with E-state index in [0.29, 0.717) is 34.1 Å². The van der Waals surface area contributed by atoms with Gasteiger partial charge in [0.1, 0.15) is 6.07 Å². The summed E-state index contributed by atoms with van der Waals surface area (Å²) in [5.74, 6) is -0.442. The van der Waals surface area contributed by atoms with Crippen molar-refractivity contribution < 1.29 is 4.79 Å². The van der Waals surface area contributed by atoms with Gasteiger partial charge in [-0.3, -0.25) is 9.78 Å². The average molecular weight is 456 g/mol. The number of nitrogens with zero attached hydrogens (tertiary/aromatic N) is 4. The van der Waals surface area contributed by atoms with Crippen LogP contribution in [0.5, 0.6) is 0 Å². The van der Waals surface area contributed by atoms with Gasteiger partial charge in [-0.05, 0) is 30.4 Å². The van der Waals surface area contributed by atoms with E-state index in [1.165, 1.54) is 6.20 Å². The number of nitrogens with one attached hydrogen (secondary N) is 1. The van der Waals surface area contributed by atoms with E-state index >= 15 is 0 Å². The Morgan fingerprint density at radius 1 is 1.20 bits per heavy atom. The molecule has 30 heavy (non-hydrogen) atoms. The molecule has 0 atom stereocenters. The number of rotatable bonds is 3. The van der Waals surface area contributed by atoms with Gasteiger partial charge in [-0.1, -0.05) is 41.4 Å². The SMILES string of the molecule is CN1CCN(c2c(C#N)cnc3c(NC(=O)c4c(Cl)cccc4Cl)cccc23)C1=S. The van der Waals surface area contributed by atoms with Crippen LogP contribution in [0, 0.1) is 11.3 Å². The van der Waals surface area contributed by atoms with E-state index in [9.17, 15) is 10.1 Å². The van der Waals surface area contributed by atoms with Crippen LogP contribution in [0.15, 0.2) is 42.6 Å². The smallest absolute Gasteiger partial charge is 0.258 e. The minimum absolute atomic E-state index is 0.189. The minimum Gasteiger partial charge on any atom is -0.350 e. The molecule has 0 spiro atoms. The Hall–Kier alpha value is -2.92. The molecule has 3 aromatic rings. The van der Waals surface area contributed by atoms with Gasteiger partial charge in [-0.25, -0.2) is 0 Å². The Bertz CT molecular complexity index is 1220. The third-order valence-corrected chi connectivity index (χ3v) is 6.08. The Balaban J connectivity index is 1.82. The van der Waals surface area contributed by atoms with Crippen molar-refractivity contribution in [1.29, 1.82) is 5.26 Å². The number of carbonyl (C=O) groups is 1. The number of likely N-dealkylation sites (N-methyl/N-ethyl adjacent to an activating group) is 1. The summed E-state index contributed by atoms with van der Waals surface area (Å²) >= 11 is 17.9. The van der Waals surface area contributed by atoms with E-state index in [1.54, 1.807) is 30.3 Å². The first-order valence-corrected chi connectivity index (χ1v) is 10.2. The molecule has 150 valence electrons. The number of pyridine rings is 1. The topological polar surface area (TPSA) is 72.3 Å². The molecule has 1 N–H and O–H groups in total. The number of hydrogen-bond acceptors (Lipinski definition) is 4. The maximum atomic E-state index is 12.9. The number of nitriles is 1. The second kappa shape index (κ2) is 8.07. The largest absolute Gasteiger partial charge is 0.350 e. The van der Waals surface area contributed by atoms with Gasteiger partial charge in [-0.15, -0.1) is 0 Å². The first-order valence-electron chi connectivity index (χ1n) is 9.02. The van der Waals surface area contributed by atoms with Crippen LogP contribution in [0.4, 0.5) is 11.4 Å². The molecule has 0 aliphatic carbocycles. The molecule has 4 rings (SSSR count). The quantitative estimate of drug-likeness (QED) is 0.576. The van der Waals surface area contributed by atoms with Crippen LogP contribution >= 0.6 is 35.4 Å². The standard InChI is InChI=1S/C21H15Cl2N5OS/c1-27-8-9-28(21(27)30)19-12(10-24)11-25-18-13(19)4-2-7-16(18)26-20(29)17-14(22)5-3-6-15(17)23/h2-7,11H,8-9H2,1H3,(H,26,29). The number of para-hydroxylation sites is 1. The summed E-state index contributed by atoms with van der Waals surface area (Å²) in [4.78, 5) is 21.2. The van der Waals surface area contributed by atoms with Crippen molar-refractivity contribution in [3.05, 3.63) is 63.8 Å². The highest BCUT2D eigenvalue weighted by atomic mass is 35.5. The molecule has 2 aromatic carbocycles. The van der Waals surface area contributed by atoms with E-state index < -0.39 is 5.91 Å². The van der Waals surface area contributed by atoms with Crippen molar-refractivity contribution in [3.8, 4) is 6.07 Å². The fraction of sp³-hybridized carbons (Fsp3) is 0.143. The lowest BCUT2D eigenvalue weighted by Crippen LogP contribution is -2.29. The highest BCUT2D eigenvalue weighted by Gasteiger charge is 2.27. The van der Waals surface area contributed by atoms with Crippen molar-refractivity contribution in [1.82, 2.24) is 9.88 Å². The fourth-order valence-corrected chi connectivity index (χ4v) is 4.28. The zero-order valence-electron chi connectivity index (χ0n) is 15.8. The van der Waals surface area contributed by atoms with Crippen molar-refractivity contribution >= 4 is 68.7 Å². The zero-order valence-corrected chi connectivity index (χ0v) is 18.1. The predicted octanol–water partition coefficient (Wildman–Crippen LogP) is 4.70. The third-order valence-electron chi connectivity index (χ3n) is 4.91. The molecule has 9 heteroatoms. The van der Waals surface area contributed by atoms with E-state index in [0.717, 1.165) is 11.9 Å². The number of fused-ring (bicyclic) bond motifs is 1. The van der Waals surface area contributed by atoms with Crippen LogP contribution in [0.25, 0.3) is 10.9 Å². The van der Waals surface area contributed by atoms with Crippen molar-refractivity contribution in [2.75, 3.05) is 30.4 Å². The van der Waals surface area contributed by atoms with E-state index in [2.05, 4.69) is 16.4 Å². The first kappa shape index (κ1) is 20.4. The average Bonchev–Trinajstić information content (AvgIpc) is 3.05. The second-order valence-corrected chi connectivity index (χ2v) is 7.92. The van der Waals surface area contributed by atoms with Crippen molar-refractivity contribution in [2.45, 2.75) is 0 Å². The second-order valence-electron chi connectivity index (χ2n) is 6.74. The van der Waals surface area contributed by atoms with Gasteiger partial charge >= 0.3 is 0 Å². The van der Waals surface area contributed by atoms with Crippen LogP contribution in [-0.2, 0) is 0 Å². The Morgan fingerprint density at radius 2 is 1.90 bits per heavy atom. The van der Waals surface area contributed by atoms with Crippen molar-refractivity contribution in [2.24, 2.45) is 0 Å². The molecule has 2 heterocycles. The van der Waals surface area contributed by atoms with Gasteiger partial charge in [0.2, 0.25) is 0 Å². The molecule has 1 aromatic heterocycles. The molecular formula is C21H15Cl2N5OS. The molecule has 0 saturated carbocycles. The highest BCUT2D eigenvalue weighted by molar-refractivity contribution is 7.80. The molecule has 0 radical (unpaired) electrons. The summed E-state index contributed by atoms with van der Waals surface area (Å²) in [6.07, 6.45) is 1.50. The summed E-state index contributed by atoms with van der Waals surface area (Å²) in [7, 11) is 1.91. The summed E-state index contributed by atoms with van der Waals surface area (Å²) in [6, 6.07) is 12.5. The number of carbonyl (C=O) groups excluding carboxylic acids is 1. The molecule has 1 aliphatic heterocycles. The molecule has 0 unspecified atom stereocenters. The lowest BCUT2D eigenvalue weighted by atomic mass is 10.1. The van der Waals surface area contributed by atoms with E-state index in [-0.39, 0.29) is 15.6 Å². The van der Waals surface area contributed by atoms with Gasteiger partial charge in [0.15, 0.2) is 5.11 Å². The minimum atomic E-state index is -0.442. The van der Waals surface area contributed by atoms with Crippen LogP contribution in [0.2, 0.25) is 10.0 Å². The number of hydrogen-bond donors (Lipinski definition) is 1. The monoisotopic (exact) mass is 455 g/mol. The maximum Gasteiger partial charge on any atom is 0.258 e. The molecule has 6 nitrogen and oxygen atoms in total. The van der Waals surface area contributed by atoms with Crippen LogP contribution in [-0.4, -0.2) is 41.0 Å². The fourth-order valence-electron chi connectivity index (χ4n) is 3.44. The number of aromatic nitrogens is 1. The van der Waals surface area contributed by atoms with E-state index in [4.69, 9.17) is 35.4 Å². The summed E-state index contributed by atoms with van der Waals surface area (Å²) in [6.45, 7) is 1.42. The van der Waals surface area contributed by atoms with Crippen LogP contribution in [0.1, 0.15) is 15.9 Å². The molecular weight excluding hydrogens is 441 g/mol. The zero-order chi connectivity index (χ0) is 21.4. The van der Waals surface area contributed by atoms with E-state index in [1.807, 2.05) is 22.9 Å². The Kier molecular flexibility index (Phi) is 5.48. The normalized spacial score (nSPS) is 13.6. The van der Waals surface area contributed by atoms with Gasteiger partial charge in [0.25, 0.3) is 5.91 Å². The number of anilines is 2. The maximum absolute atomic E-state index is 12.9. The van der Waals surface area contributed by atoms with Gasteiger partial charge in [0, 0.05) is 31.7 Å². The lowest BCUT2D eigenvalue weighted by Gasteiger charge is -2.22. The van der Waals surface area contributed by atoms with Crippen LogP contribution in [0.3, 0.4) is 0 Å². The molecule has 1 amide bonds. The van der Waals surface area contributed by atoms with Crippen LogP contribution < -0.4 is 10.2 Å². The van der Waals surface area contributed by atoms with Gasteiger partial charge in [0.05, 0.1) is 38.1 Å². The third kappa shape index (κ3) is 3.43. The lowest BCUT2D eigenvalue weighted by molar-refractivity contribution is 0.102. The number of halogens is 2. The predicted molar refractivity (Wildman–Crippen MR) is 123 cm³/mol. The van der Waals surface area contributed by atoms with Crippen molar-refractivity contribution in [3.63, 3.8) is 0 Å². The molecule has 1 aliphatic rings. The number of benzene rings is 2. The first-order chi connectivity index (χ1) is 14.4. The Labute approximate surface area is 188 Å². The molecule has 1 fully saturated rings. The number of thiocarbonyl (C=S) groups is 1. The summed E-state index contributed by atoms with van der Waals surface area (Å²) in [5.41, 5.74) is 2.31. The summed E-state index contributed by atoms with van der Waals surface area (Å²) < 4.78 is 0.